The van der Waals surface area contributed by atoms with Crippen LogP contribution in [0.15, 0.2) is 67.0 Å². The Morgan fingerprint density at radius 3 is 2.47 bits per heavy atom. The van der Waals surface area contributed by atoms with Crippen LogP contribution < -0.4 is 10.6 Å². The summed E-state index contributed by atoms with van der Waals surface area (Å²) < 4.78 is 0. The number of allylic oxidation sites excluding steroid dienone is 2. The monoisotopic (exact) mass is 452 g/mol. The first-order chi connectivity index (χ1) is 16.5. The predicted molar refractivity (Wildman–Crippen MR) is 140 cm³/mol. The van der Waals surface area contributed by atoms with Crippen LogP contribution in [0.25, 0.3) is 0 Å². The molecule has 0 bridgehead atoms. The molecule has 1 saturated carbocycles. The summed E-state index contributed by atoms with van der Waals surface area (Å²) in [6, 6.07) is 17.6. The van der Waals surface area contributed by atoms with E-state index in [1.165, 1.54) is 42.4 Å². The van der Waals surface area contributed by atoms with Gasteiger partial charge < -0.3 is 15.5 Å². The highest BCUT2D eigenvalue weighted by Gasteiger charge is 2.44. The van der Waals surface area contributed by atoms with Crippen molar-refractivity contribution >= 4 is 5.69 Å². The maximum atomic E-state index is 9.35. The summed E-state index contributed by atoms with van der Waals surface area (Å²) in [5, 5.41) is 16.1. The molecule has 34 heavy (non-hydrogen) atoms. The SMILES string of the molecule is C=C(NC)C1(c2ccc(CCCN3CCC4(CC3)C(=C)Nc3ccc(C#N)cc34)cc2)CCC1. The van der Waals surface area contributed by atoms with Crippen LogP contribution in [0.3, 0.4) is 0 Å². The van der Waals surface area contributed by atoms with E-state index in [0.29, 0.717) is 0 Å². The van der Waals surface area contributed by atoms with Crippen LogP contribution in [0.1, 0.15) is 60.8 Å². The molecule has 2 aromatic rings. The minimum absolute atomic E-state index is 0.0244. The van der Waals surface area contributed by atoms with E-state index in [1.807, 2.05) is 19.2 Å². The molecule has 0 aromatic heterocycles. The van der Waals surface area contributed by atoms with Gasteiger partial charge in [-0.3, -0.25) is 0 Å². The highest BCUT2D eigenvalue weighted by Crippen LogP contribution is 2.50. The third-order valence-corrected chi connectivity index (χ3v) is 8.77. The number of nitriles is 1. The average molecular weight is 453 g/mol. The molecule has 2 aromatic carbocycles. The van der Waals surface area contributed by atoms with Crippen LogP contribution in [0, 0.1) is 11.3 Å². The van der Waals surface area contributed by atoms with E-state index in [1.54, 1.807) is 0 Å². The number of aryl methyl sites for hydroxylation is 1. The fourth-order valence-corrected chi connectivity index (χ4v) is 6.32. The molecular weight excluding hydrogens is 416 g/mol. The predicted octanol–water partition coefficient (Wildman–Crippen LogP) is 5.62. The van der Waals surface area contributed by atoms with Gasteiger partial charge in [0.2, 0.25) is 0 Å². The van der Waals surface area contributed by atoms with Crippen LogP contribution in [0.4, 0.5) is 5.69 Å². The summed E-state index contributed by atoms with van der Waals surface area (Å²) in [6.07, 6.45) is 8.10. The topological polar surface area (TPSA) is 51.1 Å². The number of anilines is 1. The lowest BCUT2D eigenvalue weighted by molar-refractivity contribution is 0.179. The van der Waals surface area contributed by atoms with Gasteiger partial charge in [0.25, 0.3) is 0 Å². The lowest BCUT2D eigenvalue weighted by Gasteiger charge is -2.44. The fraction of sp³-hybridized carbons (Fsp3) is 0.433. The first-order valence-electron chi connectivity index (χ1n) is 12.7. The normalized spacial score (nSPS) is 20.2. The summed E-state index contributed by atoms with van der Waals surface area (Å²) in [5.41, 5.74) is 8.34. The molecule has 1 aliphatic carbocycles. The van der Waals surface area contributed by atoms with Gasteiger partial charge >= 0.3 is 0 Å². The van der Waals surface area contributed by atoms with Gasteiger partial charge in [-0.1, -0.05) is 43.8 Å². The van der Waals surface area contributed by atoms with Crippen LogP contribution in [-0.4, -0.2) is 31.6 Å². The summed E-state index contributed by atoms with van der Waals surface area (Å²) in [6.45, 7) is 11.9. The second-order valence-corrected chi connectivity index (χ2v) is 10.4. The molecule has 4 heteroatoms. The Balaban J connectivity index is 1.15. The van der Waals surface area contributed by atoms with Gasteiger partial charge in [-0.25, -0.2) is 0 Å². The zero-order valence-electron chi connectivity index (χ0n) is 20.4. The van der Waals surface area contributed by atoms with Crippen molar-refractivity contribution in [2.75, 3.05) is 32.0 Å². The second kappa shape index (κ2) is 8.96. The average Bonchev–Trinajstić information content (AvgIpc) is 3.10. The van der Waals surface area contributed by atoms with Crippen LogP contribution in [0.5, 0.6) is 0 Å². The number of nitrogens with zero attached hydrogens (tertiary/aromatic N) is 2. The van der Waals surface area contributed by atoms with Gasteiger partial charge in [0.05, 0.1) is 11.6 Å². The summed E-state index contributed by atoms with van der Waals surface area (Å²) in [7, 11) is 1.99. The van der Waals surface area contributed by atoms with Gasteiger partial charge in [0.15, 0.2) is 0 Å². The van der Waals surface area contributed by atoms with Crippen molar-refractivity contribution in [2.45, 2.75) is 55.8 Å². The quantitative estimate of drug-likeness (QED) is 0.573. The zero-order valence-corrected chi connectivity index (χ0v) is 20.4. The molecule has 0 radical (unpaired) electrons. The molecule has 0 atom stereocenters. The standard InChI is InChI=1S/C30H36N4/c1-22(32-3)29(13-5-14-29)26-10-7-24(8-11-26)6-4-17-34-18-15-30(16-19-34)23(2)33-28-12-9-25(21-31)20-27(28)30/h7-12,20,32-33H,1-2,4-6,13-19H2,3H3. The van der Waals surface area contributed by atoms with Crippen molar-refractivity contribution in [3.05, 3.63) is 89.3 Å². The Kier molecular flexibility index (Phi) is 6.00. The van der Waals surface area contributed by atoms with E-state index >= 15 is 0 Å². The smallest absolute Gasteiger partial charge is 0.0991 e. The number of hydrogen-bond donors (Lipinski definition) is 2. The Bertz CT molecular complexity index is 1130. The number of benzene rings is 2. The molecule has 2 fully saturated rings. The Labute approximate surface area is 204 Å². The molecule has 176 valence electrons. The van der Waals surface area contributed by atoms with E-state index < -0.39 is 0 Å². The number of likely N-dealkylation sites (tertiary alicyclic amines) is 1. The van der Waals surface area contributed by atoms with E-state index in [-0.39, 0.29) is 10.8 Å². The van der Waals surface area contributed by atoms with Crippen LogP contribution >= 0.6 is 0 Å². The third-order valence-electron chi connectivity index (χ3n) is 8.77. The van der Waals surface area contributed by atoms with Crippen molar-refractivity contribution < 1.29 is 0 Å². The minimum atomic E-state index is -0.0244. The van der Waals surface area contributed by atoms with Crippen molar-refractivity contribution in [3.63, 3.8) is 0 Å². The maximum Gasteiger partial charge on any atom is 0.0991 e. The largest absolute Gasteiger partial charge is 0.391 e. The molecule has 1 saturated heterocycles. The fourth-order valence-electron chi connectivity index (χ4n) is 6.32. The minimum Gasteiger partial charge on any atom is -0.391 e. The molecule has 0 unspecified atom stereocenters. The van der Waals surface area contributed by atoms with Gasteiger partial charge in [0, 0.05) is 35.0 Å². The number of piperidine rings is 1. The van der Waals surface area contributed by atoms with Gasteiger partial charge in [-0.2, -0.15) is 5.26 Å². The highest BCUT2D eigenvalue weighted by molar-refractivity contribution is 5.69. The Morgan fingerprint density at radius 1 is 1.12 bits per heavy atom. The molecule has 2 aliphatic heterocycles. The molecular formula is C30H36N4. The maximum absolute atomic E-state index is 9.35. The molecule has 3 aliphatic rings. The van der Waals surface area contributed by atoms with Gasteiger partial charge in [0.1, 0.15) is 0 Å². The lowest BCUT2D eigenvalue weighted by atomic mass is 9.62. The summed E-state index contributed by atoms with van der Waals surface area (Å²) in [4.78, 5) is 2.60. The van der Waals surface area contributed by atoms with E-state index in [4.69, 9.17) is 0 Å². The van der Waals surface area contributed by atoms with Crippen molar-refractivity contribution in [2.24, 2.45) is 0 Å². The molecule has 4 nitrogen and oxygen atoms in total. The van der Waals surface area contributed by atoms with E-state index in [2.05, 4.69) is 65.1 Å². The highest BCUT2D eigenvalue weighted by atomic mass is 15.1. The lowest BCUT2D eigenvalue weighted by Crippen LogP contribution is -2.43. The molecule has 5 rings (SSSR count). The van der Waals surface area contributed by atoms with Crippen molar-refractivity contribution in [1.29, 1.82) is 5.26 Å². The molecule has 0 amide bonds. The second-order valence-electron chi connectivity index (χ2n) is 10.4. The van der Waals surface area contributed by atoms with E-state index in [0.717, 1.165) is 61.5 Å². The third kappa shape index (κ3) is 3.73. The molecule has 1 spiro atoms. The number of hydrogen-bond acceptors (Lipinski definition) is 4. The van der Waals surface area contributed by atoms with Gasteiger partial charge in [-0.05, 0) is 93.0 Å². The van der Waals surface area contributed by atoms with E-state index in [9.17, 15) is 5.26 Å². The zero-order chi connectivity index (χ0) is 23.8. The number of fused-ring (bicyclic) bond motifs is 2. The van der Waals surface area contributed by atoms with Crippen LogP contribution in [0.2, 0.25) is 0 Å². The number of nitrogens with one attached hydrogen (secondary N) is 2. The van der Waals surface area contributed by atoms with Crippen LogP contribution in [-0.2, 0) is 17.3 Å². The first-order valence-corrected chi connectivity index (χ1v) is 12.7. The molecule has 2 N–H and O–H groups in total. The number of likely N-dealkylation sites (N-methyl/N-ethyl adjacent to an activating group) is 1. The van der Waals surface area contributed by atoms with Gasteiger partial charge in [-0.15, -0.1) is 0 Å². The van der Waals surface area contributed by atoms with Crippen molar-refractivity contribution in [3.8, 4) is 6.07 Å². The summed E-state index contributed by atoms with van der Waals surface area (Å²) >= 11 is 0. The molecule has 2 heterocycles. The summed E-state index contributed by atoms with van der Waals surface area (Å²) in [5.74, 6) is 0. The first kappa shape index (κ1) is 22.7. The Hall–Kier alpha value is -3.03. The number of rotatable bonds is 7. The van der Waals surface area contributed by atoms with Crippen molar-refractivity contribution in [1.82, 2.24) is 10.2 Å². The Morgan fingerprint density at radius 2 is 1.85 bits per heavy atom.